The smallest absolute Gasteiger partial charge is 0.243 e. The van der Waals surface area contributed by atoms with Crippen LogP contribution in [0.15, 0.2) is 54.6 Å². The van der Waals surface area contributed by atoms with Gasteiger partial charge in [-0.25, -0.2) is 4.68 Å². The Morgan fingerprint density at radius 2 is 1.70 bits per heavy atom. The van der Waals surface area contributed by atoms with Gasteiger partial charge in [-0.1, -0.05) is 54.6 Å². The third-order valence-corrected chi connectivity index (χ3v) is 5.48. The second-order valence-electron chi connectivity index (χ2n) is 7.37. The summed E-state index contributed by atoms with van der Waals surface area (Å²) in [6, 6.07) is 18.1. The molecule has 9 nitrogen and oxygen atoms in total. The number of primary amides is 1. The molecule has 0 bridgehead atoms. The molecule has 2 saturated heterocycles. The third kappa shape index (κ3) is 3.47. The molecule has 0 spiro atoms. The molecule has 0 radical (unpaired) electrons. The van der Waals surface area contributed by atoms with Crippen LogP contribution in [-0.2, 0) is 19.0 Å². The number of hydrogen-bond acceptors (Lipinski definition) is 7. The van der Waals surface area contributed by atoms with Gasteiger partial charge in [0.25, 0.3) is 0 Å². The molecule has 3 aromatic rings. The minimum Gasteiger partial charge on any atom is -0.370 e. The molecule has 3 heterocycles. The molecule has 2 aliphatic rings. The van der Waals surface area contributed by atoms with Gasteiger partial charge >= 0.3 is 0 Å². The number of amides is 1. The summed E-state index contributed by atoms with van der Waals surface area (Å²) in [7, 11) is 0. The summed E-state index contributed by atoms with van der Waals surface area (Å²) >= 11 is 0. The van der Waals surface area contributed by atoms with Gasteiger partial charge in [-0.3, -0.25) is 4.79 Å². The topological polar surface area (TPSA) is 114 Å². The van der Waals surface area contributed by atoms with E-state index in [1.165, 1.54) is 0 Å². The van der Waals surface area contributed by atoms with Crippen LogP contribution in [0, 0.1) is 0 Å². The molecule has 9 heteroatoms. The second-order valence-corrected chi connectivity index (χ2v) is 7.37. The van der Waals surface area contributed by atoms with Crippen molar-refractivity contribution in [2.45, 2.75) is 24.4 Å². The highest BCUT2D eigenvalue weighted by atomic mass is 16.6. The summed E-state index contributed by atoms with van der Waals surface area (Å²) in [6.07, 6.45) is -0.877. The maximum absolute atomic E-state index is 11.0. The van der Waals surface area contributed by atoms with E-state index in [9.17, 15) is 4.79 Å². The first-order valence-corrected chi connectivity index (χ1v) is 9.77. The first-order chi connectivity index (χ1) is 14.7. The van der Waals surface area contributed by atoms with Gasteiger partial charge in [0, 0.05) is 5.56 Å². The van der Waals surface area contributed by atoms with Gasteiger partial charge in [0.15, 0.2) is 5.82 Å². The number of hydrogen-bond donors (Lipinski definition) is 1. The number of ether oxygens (including phenoxy) is 3. The molecule has 0 saturated carbocycles. The Kier molecular flexibility index (Phi) is 4.99. The lowest BCUT2D eigenvalue weighted by Gasteiger charge is -2.17. The number of rotatable bonds is 6. The predicted octanol–water partition coefficient (Wildman–Crippen LogP) is 1.22. The highest BCUT2D eigenvalue weighted by molar-refractivity contribution is 5.75. The van der Waals surface area contributed by atoms with Crippen molar-refractivity contribution in [3.63, 3.8) is 0 Å². The number of tetrazole rings is 1. The van der Waals surface area contributed by atoms with E-state index >= 15 is 0 Å². The minimum atomic E-state index is -0.519. The number of fused-ring (bicyclic) bond motifs is 1. The Labute approximate surface area is 172 Å². The van der Waals surface area contributed by atoms with E-state index in [4.69, 9.17) is 19.9 Å². The SMILES string of the molecule is NC(=O)CO[C@@H]1CO[C@H]2[C@@H]1OC[C@@H]2n1nnnc1-c1ccc(-c2ccccc2)cc1. The van der Waals surface area contributed by atoms with Crippen LogP contribution < -0.4 is 5.73 Å². The Morgan fingerprint density at radius 3 is 2.47 bits per heavy atom. The minimum absolute atomic E-state index is 0.158. The van der Waals surface area contributed by atoms with Crippen LogP contribution >= 0.6 is 0 Å². The summed E-state index contributed by atoms with van der Waals surface area (Å²) < 4.78 is 19.1. The normalized spacial score (nSPS) is 25.3. The van der Waals surface area contributed by atoms with E-state index in [2.05, 4.69) is 39.8 Å². The van der Waals surface area contributed by atoms with E-state index in [0.717, 1.165) is 16.7 Å². The van der Waals surface area contributed by atoms with E-state index < -0.39 is 5.91 Å². The van der Waals surface area contributed by atoms with Crippen LogP contribution in [-0.4, -0.2) is 64.2 Å². The molecular formula is C21H21N5O4. The average Bonchev–Trinajstić information content (AvgIpc) is 3.49. The molecule has 2 fully saturated rings. The van der Waals surface area contributed by atoms with Gasteiger partial charge < -0.3 is 19.9 Å². The molecule has 1 amide bonds. The molecule has 5 rings (SSSR count). The number of aromatic nitrogens is 4. The van der Waals surface area contributed by atoms with Crippen molar-refractivity contribution in [2.75, 3.05) is 19.8 Å². The molecule has 2 aromatic carbocycles. The Bertz CT molecular complexity index is 1020. The van der Waals surface area contributed by atoms with Crippen molar-refractivity contribution < 1.29 is 19.0 Å². The highest BCUT2D eigenvalue weighted by Crippen LogP contribution is 2.36. The maximum Gasteiger partial charge on any atom is 0.243 e. The maximum atomic E-state index is 11.0. The largest absolute Gasteiger partial charge is 0.370 e. The first-order valence-electron chi connectivity index (χ1n) is 9.77. The van der Waals surface area contributed by atoms with E-state index in [-0.39, 0.29) is 31.0 Å². The van der Waals surface area contributed by atoms with Gasteiger partial charge in [-0.15, -0.1) is 5.10 Å². The van der Waals surface area contributed by atoms with Crippen LogP contribution in [0.3, 0.4) is 0 Å². The van der Waals surface area contributed by atoms with Gasteiger partial charge in [0.1, 0.15) is 31.0 Å². The molecule has 0 unspecified atom stereocenters. The Morgan fingerprint density at radius 1 is 1.00 bits per heavy atom. The molecule has 2 N–H and O–H groups in total. The van der Waals surface area contributed by atoms with Gasteiger partial charge in [0.2, 0.25) is 5.91 Å². The lowest BCUT2D eigenvalue weighted by molar-refractivity contribution is -0.126. The Hall–Kier alpha value is -3.14. The molecule has 2 aliphatic heterocycles. The number of nitrogens with zero attached hydrogens (tertiary/aromatic N) is 4. The number of carbonyl (C=O) groups excluding carboxylic acids is 1. The zero-order chi connectivity index (χ0) is 20.5. The molecule has 0 aliphatic carbocycles. The van der Waals surface area contributed by atoms with Crippen LogP contribution in [0.1, 0.15) is 6.04 Å². The van der Waals surface area contributed by atoms with Gasteiger partial charge in [-0.05, 0) is 21.6 Å². The molecule has 30 heavy (non-hydrogen) atoms. The highest BCUT2D eigenvalue weighted by Gasteiger charge is 2.50. The number of carbonyl (C=O) groups is 1. The standard InChI is InChI=1S/C21H21N5O4/c22-18(27)12-28-17-11-30-19-16(10-29-20(17)19)26-21(23-24-25-26)15-8-6-14(7-9-15)13-4-2-1-3-5-13/h1-9,16-17,19-20H,10-12H2,(H2,22,27)/t16-,17+,19+,20+/m0/s1. The number of benzene rings is 2. The summed E-state index contributed by atoms with van der Waals surface area (Å²) in [4.78, 5) is 11.0. The van der Waals surface area contributed by atoms with Crippen molar-refractivity contribution in [3.05, 3.63) is 54.6 Å². The fraction of sp³-hybridized carbons (Fsp3) is 0.333. The first kappa shape index (κ1) is 18.9. The Balaban J connectivity index is 1.35. The van der Waals surface area contributed by atoms with Crippen LogP contribution in [0.5, 0.6) is 0 Å². The third-order valence-electron chi connectivity index (χ3n) is 5.48. The molecule has 1 aromatic heterocycles. The lowest BCUT2D eigenvalue weighted by atomic mass is 10.0. The summed E-state index contributed by atoms with van der Waals surface area (Å²) in [5.41, 5.74) is 8.34. The van der Waals surface area contributed by atoms with E-state index in [1.54, 1.807) is 4.68 Å². The monoisotopic (exact) mass is 407 g/mol. The van der Waals surface area contributed by atoms with E-state index in [0.29, 0.717) is 19.0 Å². The summed E-state index contributed by atoms with van der Waals surface area (Å²) in [6.45, 7) is 0.573. The fourth-order valence-corrected chi connectivity index (χ4v) is 4.04. The molecule has 154 valence electrons. The molecular weight excluding hydrogens is 386 g/mol. The van der Waals surface area contributed by atoms with Crippen molar-refractivity contribution in [1.82, 2.24) is 20.2 Å². The van der Waals surface area contributed by atoms with Gasteiger partial charge in [0.05, 0.1) is 13.2 Å². The predicted molar refractivity (Wildman–Crippen MR) is 106 cm³/mol. The fourth-order valence-electron chi connectivity index (χ4n) is 4.04. The van der Waals surface area contributed by atoms with Crippen molar-refractivity contribution in [3.8, 4) is 22.5 Å². The van der Waals surface area contributed by atoms with Gasteiger partial charge in [-0.2, -0.15) is 0 Å². The average molecular weight is 407 g/mol. The van der Waals surface area contributed by atoms with Crippen LogP contribution in [0.2, 0.25) is 0 Å². The van der Waals surface area contributed by atoms with Crippen molar-refractivity contribution >= 4 is 5.91 Å². The zero-order valence-electron chi connectivity index (χ0n) is 16.1. The van der Waals surface area contributed by atoms with Crippen molar-refractivity contribution in [1.29, 1.82) is 0 Å². The van der Waals surface area contributed by atoms with Crippen molar-refractivity contribution in [2.24, 2.45) is 5.73 Å². The van der Waals surface area contributed by atoms with Crippen LogP contribution in [0.4, 0.5) is 0 Å². The number of nitrogens with two attached hydrogens (primary N) is 1. The summed E-state index contributed by atoms with van der Waals surface area (Å²) in [5, 5.41) is 12.3. The summed E-state index contributed by atoms with van der Waals surface area (Å²) in [5.74, 6) is 0.128. The second kappa shape index (κ2) is 7.94. The van der Waals surface area contributed by atoms with Crippen LogP contribution in [0.25, 0.3) is 22.5 Å². The van der Waals surface area contributed by atoms with E-state index in [1.807, 2.05) is 30.3 Å². The zero-order valence-corrected chi connectivity index (χ0v) is 16.1. The lowest BCUT2D eigenvalue weighted by Crippen LogP contribution is -2.34. The molecule has 4 atom stereocenters. The quantitative estimate of drug-likeness (QED) is 0.653.